The molecule has 0 N–H and O–H groups in total. The van der Waals surface area contributed by atoms with Crippen molar-refractivity contribution in [1.82, 2.24) is 4.90 Å². The van der Waals surface area contributed by atoms with Crippen molar-refractivity contribution in [2.75, 3.05) is 20.7 Å². The Morgan fingerprint density at radius 3 is 2.31 bits per heavy atom. The summed E-state index contributed by atoms with van der Waals surface area (Å²) in [5.74, 6) is 0.951. The molecule has 0 unspecified atom stereocenters. The summed E-state index contributed by atoms with van der Waals surface area (Å²) in [7, 11) is 3.63. The first kappa shape index (κ1) is 12.5. The van der Waals surface area contributed by atoms with E-state index in [1.165, 1.54) is 5.56 Å². The van der Waals surface area contributed by atoms with Gasteiger partial charge in [-0.15, -0.1) is 0 Å². The first-order valence-corrected chi connectivity index (χ1v) is 5.28. The largest absolute Gasteiger partial charge is 0.496 e. The molecule has 3 nitrogen and oxygen atoms in total. The van der Waals surface area contributed by atoms with E-state index in [2.05, 4.69) is 18.2 Å². The molecule has 0 radical (unpaired) electrons. The van der Waals surface area contributed by atoms with Gasteiger partial charge >= 0.3 is 0 Å². The third kappa shape index (κ3) is 2.98. The summed E-state index contributed by atoms with van der Waals surface area (Å²) in [5.41, 5.74) is 3.50. The first-order chi connectivity index (χ1) is 7.58. The molecular formula is C13H18N2O. The van der Waals surface area contributed by atoms with Gasteiger partial charge in [0.2, 0.25) is 0 Å². The summed E-state index contributed by atoms with van der Waals surface area (Å²) in [6, 6.07) is 6.36. The van der Waals surface area contributed by atoms with E-state index in [0.717, 1.165) is 23.4 Å². The summed E-state index contributed by atoms with van der Waals surface area (Å²) >= 11 is 0. The molecule has 0 aliphatic rings. The van der Waals surface area contributed by atoms with Crippen LogP contribution < -0.4 is 4.74 Å². The van der Waals surface area contributed by atoms with Gasteiger partial charge in [-0.2, -0.15) is 5.26 Å². The van der Waals surface area contributed by atoms with Crippen molar-refractivity contribution >= 4 is 0 Å². The van der Waals surface area contributed by atoms with Crippen LogP contribution >= 0.6 is 0 Å². The van der Waals surface area contributed by atoms with Gasteiger partial charge in [-0.25, -0.2) is 0 Å². The zero-order valence-electron chi connectivity index (χ0n) is 10.4. The van der Waals surface area contributed by atoms with Crippen LogP contribution in [0.3, 0.4) is 0 Å². The van der Waals surface area contributed by atoms with Crippen LogP contribution in [0.5, 0.6) is 5.75 Å². The van der Waals surface area contributed by atoms with Gasteiger partial charge in [-0.1, -0.05) is 12.1 Å². The molecule has 16 heavy (non-hydrogen) atoms. The van der Waals surface area contributed by atoms with Crippen molar-refractivity contribution in [1.29, 1.82) is 5.26 Å². The molecule has 0 spiro atoms. The highest BCUT2D eigenvalue weighted by Gasteiger charge is 2.06. The van der Waals surface area contributed by atoms with Gasteiger partial charge in [-0.05, 0) is 37.6 Å². The molecule has 1 aromatic rings. The van der Waals surface area contributed by atoms with E-state index in [1.807, 2.05) is 25.8 Å². The lowest BCUT2D eigenvalue weighted by Crippen LogP contribution is -2.18. The van der Waals surface area contributed by atoms with Crippen LogP contribution in [-0.2, 0) is 6.54 Å². The van der Waals surface area contributed by atoms with E-state index in [0.29, 0.717) is 6.54 Å². The summed E-state index contributed by atoms with van der Waals surface area (Å²) in [6.45, 7) is 5.32. The van der Waals surface area contributed by atoms with Crippen LogP contribution in [0.2, 0.25) is 0 Å². The van der Waals surface area contributed by atoms with E-state index >= 15 is 0 Å². The highest BCUT2D eigenvalue weighted by molar-refractivity contribution is 5.43. The van der Waals surface area contributed by atoms with E-state index in [-0.39, 0.29) is 0 Å². The summed E-state index contributed by atoms with van der Waals surface area (Å²) < 4.78 is 5.32. The van der Waals surface area contributed by atoms with Crippen LogP contribution in [0.1, 0.15) is 16.7 Å². The van der Waals surface area contributed by atoms with Crippen LogP contribution in [0.15, 0.2) is 12.1 Å². The zero-order valence-corrected chi connectivity index (χ0v) is 10.4. The number of rotatable bonds is 4. The van der Waals surface area contributed by atoms with Crippen molar-refractivity contribution in [3.63, 3.8) is 0 Å². The maximum Gasteiger partial charge on any atom is 0.124 e. The Hall–Kier alpha value is -1.53. The Bertz CT molecular complexity index is 384. The van der Waals surface area contributed by atoms with E-state index in [9.17, 15) is 0 Å². The molecule has 3 heteroatoms. The Balaban J connectivity index is 2.88. The smallest absolute Gasteiger partial charge is 0.124 e. The van der Waals surface area contributed by atoms with Gasteiger partial charge in [-0.3, -0.25) is 4.90 Å². The van der Waals surface area contributed by atoms with Crippen molar-refractivity contribution < 1.29 is 4.74 Å². The van der Waals surface area contributed by atoms with Gasteiger partial charge < -0.3 is 4.74 Å². The van der Waals surface area contributed by atoms with E-state index in [1.54, 1.807) is 7.11 Å². The fraction of sp³-hybridized carbons (Fsp3) is 0.462. The average Bonchev–Trinajstić information content (AvgIpc) is 2.17. The monoisotopic (exact) mass is 218 g/mol. The average molecular weight is 218 g/mol. The molecule has 0 amide bonds. The van der Waals surface area contributed by atoms with Gasteiger partial charge in [0.05, 0.1) is 19.7 Å². The van der Waals surface area contributed by atoms with Crippen LogP contribution in [0.25, 0.3) is 0 Å². The fourth-order valence-corrected chi connectivity index (χ4v) is 1.94. The lowest BCUT2D eigenvalue weighted by molar-refractivity contribution is 0.366. The number of nitrogens with zero attached hydrogens (tertiary/aromatic N) is 2. The predicted molar refractivity (Wildman–Crippen MR) is 64.4 cm³/mol. The van der Waals surface area contributed by atoms with Crippen molar-refractivity contribution in [2.24, 2.45) is 0 Å². The highest BCUT2D eigenvalue weighted by atomic mass is 16.5. The Morgan fingerprint density at radius 1 is 1.31 bits per heavy atom. The van der Waals surface area contributed by atoms with Gasteiger partial charge in [0.25, 0.3) is 0 Å². The topological polar surface area (TPSA) is 36.3 Å². The second kappa shape index (κ2) is 5.53. The normalized spacial score (nSPS) is 10.2. The van der Waals surface area contributed by atoms with Crippen molar-refractivity contribution in [3.05, 3.63) is 28.8 Å². The van der Waals surface area contributed by atoms with E-state index in [4.69, 9.17) is 10.00 Å². The van der Waals surface area contributed by atoms with Crippen molar-refractivity contribution in [3.8, 4) is 11.8 Å². The quantitative estimate of drug-likeness (QED) is 0.727. The molecule has 0 saturated carbocycles. The Labute approximate surface area is 97.3 Å². The molecular weight excluding hydrogens is 200 g/mol. The van der Waals surface area contributed by atoms with Crippen LogP contribution in [0, 0.1) is 25.2 Å². The standard InChI is InChI=1S/C13H18N2O/c1-10-7-12(9-15(3)6-5-14)8-11(2)13(10)16-4/h7-8H,6,9H2,1-4H3. The Morgan fingerprint density at radius 2 is 1.88 bits per heavy atom. The number of hydrogen-bond acceptors (Lipinski definition) is 3. The molecule has 0 aromatic heterocycles. The minimum absolute atomic E-state index is 0.449. The third-order valence-corrected chi connectivity index (χ3v) is 2.52. The molecule has 1 aromatic carbocycles. The number of methoxy groups -OCH3 is 1. The van der Waals surface area contributed by atoms with Gasteiger partial charge in [0.1, 0.15) is 5.75 Å². The SMILES string of the molecule is COc1c(C)cc(CN(C)CC#N)cc1C. The number of aryl methyl sites for hydroxylation is 2. The minimum Gasteiger partial charge on any atom is -0.496 e. The summed E-state index contributed by atoms with van der Waals surface area (Å²) in [6.07, 6.45) is 0. The molecule has 86 valence electrons. The second-order valence-electron chi connectivity index (χ2n) is 4.09. The molecule has 1 rings (SSSR count). The van der Waals surface area contributed by atoms with Gasteiger partial charge in [0.15, 0.2) is 0 Å². The molecule has 0 aliphatic heterocycles. The van der Waals surface area contributed by atoms with Crippen molar-refractivity contribution in [2.45, 2.75) is 20.4 Å². The number of hydrogen-bond donors (Lipinski definition) is 0. The lowest BCUT2D eigenvalue weighted by atomic mass is 10.1. The lowest BCUT2D eigenvalue weighted by Gasteiger charge is -2.15. The number of benzene rings is 1. The minimum atomic E-state index is 0.449. The fourth-order valence-electron chi connectivity index (χ4n) is 1.94. The summed E-state index contributed by atoms with van der Waals surface area (Å²) in [4.78, 5) is 1.99. The summed E-state index contributed by atoms with van der Waals surface area (Å²) in [5, 5.41) is 8.59. The van der Waals surface area contributed by atoms with E-state index < -0.39 is 0 Å². The second-order valence-corrected chi connectivity index (χ2v) is 4.09. The maximum atomic E-state index is 8.59. The van der Waals surface area contributed by atoms with Crippen LogP contribution in [-0.4, -0.2) is 25.6 Å². The molecule has 0 fully saturated rings. The maximum absolute atomic E-state index is 8.59. The Kier molecular flexibility index (Phi) is 4.33. The van der Waals surface area contributed by atoms with Crippen LogP contribution in [0.4, 0.5) is 0 Å². The number of ether oxygens (including phenoxy) is 1. The highest BCUT2D eigenvalue weighted by Crippen LogP contribution is 2.24. The predicted octanol–water partition coefficient (Wildman–Crippen LogP) is 2.27. The molecule has 0 aliphatic carbocycles. The zero-order chi connectivity index (χ0) is 12.1. The number of nitriles is 1. The first-order valence-electron chi connectivity index (χ1n) is 5.28. The molecule has 0 bridgehead atoms. The molecule has 0 atom stereocenters. The molecule has 0 heterocycles. The van der Waals surface area contributed by atoms with Gasteiger partial charge in [0, 0.05) is 6.54 Å². The third-order valence-electron chi connectivity index (χ3n) is 2.52. The molecule has 0 saturated heterocycles.